The fourth-order valence-corrected chi connectivity index (χ4v) is 2.80. The Kier molecular flexibility index (Phi) is 7.09. The van der Waals surface area contributed by atoms with Crippen molar-refractivity contribution in [3.8, 4) is 12.3 Å². The van der Waals surface area contributed by atoms with E-state index in [2.05, 4.69) is 27.9 Å². The van der Waals surface area contributed by atoms with Crippen molar-refractivity contribution in [1.82, 2.24) is 9.80 Å². The van der Waals surface area contributed by atoms with Gasteiger partial charge in [0, 0.05) is 44.3 Å². The van der Waals surface area contributed by atoms with Crippen LogP contribution in [0, 0.1) is 12.3 Å². The quantitative estimate of drug-likeness (QED) is 0.765. The van der Waals surface area contributed by atoms with Gasteiger partial charge in [0.15, 0.2) is 0 Å². The number of hydrogen-bond acceptors (Lipinski definition) is 4. The van der Waals surface area contributed by atoms with Crippen LogP contribution in [-0.4, -0.2) is 65.9 Å². The molecule has 0 amide bonds. The summed E-state index contributed by atoms with van der Waals surface area (Å²) in [4.78, 5) is 4.69. The summed E-state index contributed by atoms with van der Waals surface area (Å²) in [5.41, 5.74) is 0.649. The van der Waals surface area contributed by atoms with Crippen LogP contribution in [0.15, 0.2) is 24.3 Å². The number of aliphatic hydroxyl groups excluding tert-OH is 1. The van der Waals surface area contributed by atoms with Gasteiger partial charge in [-0.1, -0.05) is 29.7 Å². The second kappa shape index (κ2) is 8.84. The monoisotopic (exact) mass is 350 g/mol. The lowest BCUT2D eigenvalue weighted by Gasteiger charge is -2.35. The maximum absolute atomic E-state index is 10.1. The lowest BCUT2D eigenvalue weighted by atomic mass is 10.1. The Labute approximate surface area is 150 Å². The van der Waals surface area contributed by atoms with Crippen LogP contribution in [0.1, 0.15) is 19.4 Å². The predicted octanol–water partition coefficient (Wildman–Crippen LogP) is 2.25. The normalized spacial score (nSPS) is 18.3. The van der Waals surface area contributed by atoms with E-state index in [9.17, 15) is 5.11 Å². The van der Waals surface area contributed by atoms with Crippen molar-refractivity contribution in [2.24, 2.45) is 0 Å². The zero-order valence-corrected chi connectivity index (χ0v) is 15.3. The van der Waals surface area contributed by atoms with E-state index in [-0.39, 0.29) is 6.61 Å². The van der Waals surface area contributed by atoms with Gasteiger partial charge in [-0.25, -0.2) is 0 Å². The Morgan fingerprint density at radius 3 is 2.38 bits per heavy atom. The maximum Gasteiger partial charge on any atom is 0.122 e. The Hall–Kier alpha value is -1.09. The molecule has 1 heterocycles. The van der Waals surface area contributed by atoms with Gasteiger partial charge < -0.3 is 9.84 Å². The van der Waals surface area contributed by atoms with Crippen LogP contribution < -0.4 is 0 Å². The van der Waals surface area contributed by atoms with Crippen LogP contribution >= 0.6 is 11.6 Å². The molecule has 132 valence electrons. The van der Waals surface area contributed by atoms with E-state index in [1.807, 2.05) is 26.0 Å². The smallest absolute Gasteiger partial charge is 0.122 e. The van der Waals surface area contributed by atoms with Crippen LogP contribution in [0.5, 0.6) is 0 Å². The Bertz CT molecular complexity index is 545. The molecule has 1 atom stereocenters. The number of terminal acetylenes is 1. The van der Waals surface area contributed by atoms with Crippen molar-refractivity contribution in [3.05, 3.63) is 34.9 Å². The van der Waals surface area contributed by atoms with Crippen molar-refractivity contribution in [3.63, 3.8) is 0 Å². The topological polar surface area (TPSA) is 35.9 Å². The zero-order valence-electron chi connectivity index (χ0n) is 14.5. The average molecular weight is 351 g/mol. The molecule has 1 aromatic carbocycles. The number of β-amino-alcohol motifs (C(OH)–C–C–N with tert-alkyl or cyclic N) is 1. The fraction of sp³-hybridized carbons (Fsp3) is 0.579. The fourth-order valence-electron chi connectivity index (χ4n) is 2.67. The highest BCUT2D eigenvalue weighted by molar-refractivity contribution is 6.30. The van der Waals surface area contributed by atoms with Crippen molar-refractivity contribution in [2.75, 3.05) is 39.3 Å². The highest BCUT2D eigenvalue weighted by atomic mass is 35.5. The van der Waals surface area contributed by atoms with Gasteiger partial charge in [-0.15, -0.1) is 6.42 Å². The molecule has 0 radical (unpaired) electrons. The molecule has 1 aliphatic rings. The molecule has 0 unspecified atom stereocenters. The summed E-state index contributed by atoms with van der Waals surface area (Å²) in [5, 5.41) is 10.9. The van der Waals surface area contributed by atoms with E-state index in [0.717, 1.165) is 37.7 Å². The summed E-state index contributed by atoms with van der Waals surface area (Å²) in [5.74, 6) is 2.57. The summed E-state index contributed by atoms with van der Waals surface area (Å²) in [6.45, 7) is 9.36. The summed E-state index contributed by atoms with van der Waals surface area (Å²) < 4.78 is 5.56. The number of nitrogens with zero attached hydrogens (tertiary/aromatic N) is 2. The number of halogens is 1. The molecule has 24 heavy (non-hydrogen) atoms. The van der Waals surface area contributed by atoms with Crippen molar-refractivity contribution in [1.29, 1.82) is 0 Å². The largest absolute Gasteiger partial charge is 0.389 e. The molecule has 0 spiro atoms. The van der Waals surface area contributed by atoms with Gasteiger partial charge in [-0.3, -0.25) is 9.80 Å². The molecule has 1 N–H and O–H groups in total. The van der Waals surface area contributed by atoms with Gasteiger partial charge in [0.2, 0.25) is 0 Å². The van der Waals surface area contributed by atoms with E-state index >= 15 is 0 Å². The zero-order chi connectivity index (χ0) is 17.6. The van der Waals surface area contributed by atoms with Gasteiger partial charge in [-0.2, -0.15) is 0 Å². The van der Waals surface area contributed by atoms with E-state index in [0.29, 0.717) is 6.54 Å². The average Bonchev–Trinajstić information content (AvgIpc) is 2.57. The molecule has 0 saturated carbocycles. The second-order valence-corrected chi connectivity index (χ2v) is 7.26. The first kappa shape index (κ1) is 19.2. The number of hydrogen-bond donors (Lipinski definition) is 1. The maximum atomic E-state index is 10.1. The minimum Gasteiger partial charge on any atom is -0.389 e. The molecule has 1 aliphatic heterocycles. The molecular formula is C19H27ClN2O2. The van der Waals surface area contributed by atoms with Gasteiger partial charge in [0.05, 0.1) is 12.7 Å². The van der Waals surface area contributed by atoms with E-state index in [1.165, 1.54) is 5.56 Å². The number of rotatable bonds is 7. The van der Waals surface area contributed by atoms with Crippen LogP contribution in [0.2, 0.25) is 5.02 Å². The highest BCUT2D eigenvalue weighted by Crippen LogP contribution is 2.13. The van der Waals surface area contributed by atoms with E-state index < -0.39 is 11.7 Å². The lowest BCUT2D eigenvalue weighted by Crippen LogP contribution is -2.48. The molecule has 5 heteroatoms. The molecule has 4 nitrogen and oxygen atoms in total. The second-order valence-electron chi connectivity index (χ2n) is 6.82. The molecule has 1 aromatic rings. The Balaban J connectivity index is 1.69. The third-order valence-electron chi connectivity index (χ3n) is 4.24. The van der Waals surface area contributed by atoms with Crippen LogP contribution in [0.3, 0.4) is 0 Å². The first-order chi connectivity index (χ1) is 11.4. The number of benzene rings is 1. The molecule has 0 aromatic heterocycles. The van der Waals surface area contributed by atoms with Gasteiger partial charge >= 0.3 is 0 Å². The van der Waals surface area contributed by atoms with Crippen molar-refractivity contribution < 1.29 is 9.84 Å². The summed E-state index contributed by atoms with van der Waals surface area (Å²) in [7, 11) is 0. The minimum atomic E-state index is -0.627. The SMILES string of the molecule is C#CC(C)(C)OC[C@@H](O)CN1CCN(Cc2ccc(Cl)cc2)CC1. The predicted molar refractivity (Wildman–Crippen MR) is 98.0 cm³/mol. The third kappa shape index (κ3) is 6.43. The molecule has 0 aliphatic carbocycles. The third-order valence-corrected chi connectivity index (χ3v) is 4.49. The van der Waals surface area contributed by atoms with E-state index in [4.69, 9.17) is 22.8 Å². The molecular weight excluding hydrogens is 324 g/mol. The van der Waals surface area contributed by atoms with Crippen LogP contribution in [-0.2, 0) is 11.3 Å². The van der Waals surface area contributed by atoms with Crippen LogP contribution in [0.4, 0.5) is 0 Å². The molecule has 1 saturated heterocycles. The first-order valence-electron chi connectivity index (χ1n) is 8.37. The minimum absolute atomic E-state index is 0.266. The molecule has 2 rings (SSSR count). The van der Waals surface area contributed by atoms with Crippen LogP contribution in [0.25, 0.3) is 0 Å². The highest BCUT2D eigenvalue weighted by Gasteiger charge is 2.21. The summed E-state index contributed by atoms with van der Waals surface area (Å²) >= 11 is 5.92. The lowest BCUT2D eigenvalue weighted by molar-refractivity contribution is -0.0410. The summed E-state index contributed by atoms with van der Waals surface area (Å²) in [6, 6.07) is 8.01. The number of ether oxygens (including phenoxy) is 1. The first-order valence-corrected chi connectivity index (χ1v) is 8.75. The summed E-state index contributed by atoms with van der Waals surface area (Å²) in [6.07, 6.45) is 4.87. The van der Waals surface area contributed by atoms with Crippen molar-refractivity contribution >= 4 is 11.6 Å². The molecule has 1 fully saturated rings. The van der Waals surface area contributed by atoms with Crippen molar-refractivity contribution in [2.45, 2.75) is 32.1 Å². The Morgan fingerprint density at radius 2 is 1.79 bits per heavy atom. The van der Waals surface area contributed by atoms with Gasteiger partial charge in [-0.05, 0) is 31.5 Å². The van der Waals surface area contributed by atoms with E-state index in [1.54, 1.807) is 0 Å². The van der Waals surface area contributed by atoms with Gasteiger partial charge in [0.1, 0.15) is 5.60 Å². The number of aliphatic hydroxyl groups is 1. The van der Waals surface area contributed by atoms with Gasteiger partial charge in [0.25, 0.3) is 0 Å². The number of piperazine rings is 1. The molecule has 0 bridgehead atoms. The standard InChI is InChI=1S/C19H27ClN2O2/c1-4-19(2,3)24-15-18(23)14-22-11-9-21(10-12-22)13-16-5-7-17(20)8-6-16/h1,5-8,18,23H,9-15H2,2-3H3/t18-/m0/s1. The Morgan fingerprint density at radius 1 is 1.21 bits per heavy atom.